The van der Waals surface area contributed by atoms with Crippen LogP contribution in [0.4, 0.5) is 11.4 Å². The fourth-order valence-corrected chi connectivity index (χ4v) is 5.08. The minimum Gasteiger partial charge on any atom is -0.481 e. The van der Waals surface area contributed by atoms with Crippen LogP contribution in [-0.2, 0) is 34.9 Å². The number of rotatable bonds is 9. The summed E-state index contributed by atoms with van der Waals surface area (Å²) in [5, 5.41) is 28.3. The summed E-state index contributed by atoms with van der Waals surface area (Å²) in [4.78, 5) is 37.4. The summed E-state index contributed by atoms with van der Waals surface area (Å²) in [5.41, 5.74) is 4.44. The first-order valence-corrected chi connectivity index (χ1v) is 12.6. The van der Waals surface area contributed by atoms with Crippen molar-refractivity contribution in [3.05, 3.63) is 76.6 Å². The zero-order valence-electron chi connectivity index (χ0n) is 21.7. The number of carbonyl (C=O) groups excluding carboxylic acids is 2. The number of hydrogen-bond acceptors (Lipinski definition) is 5. The van der Waals surface area contributed by atoms with E-state index in [1.807, 2.05) is 26.0 Å². The quantitative estimate of drug-likeness (QED) is 0.387. The van der Waals surface area contributed by atoms with E-state index in [9.17, 15) is 19.6 Å². The van der Waals surface area contributed by atoms with Gasteiger partial charge in [0.15, 0.2) is 0 Å². The van der Waals surface area contributed by atoms with Crippen molar-refractivity contribution in [3.8, 4) is 6.07 Å². The fourth-order valence-electron chi connectivity index (χ4n) is 5.08. The van der Waals surface area contributed by atoms with Gasteiger partial charge in [-0.25, -0.2) is 0 Å². The van der Waals surface area contributed by atoms with Crippen molar-refractivity contribution in [3.63, 3.8) is 0 Å². The highest BCUT2D eigenvalue weighted by Crippen LogP contribution is 2.45. The van der Waals surface area contributed by atoms with Crippen LogP contribution >= 0.6 is 0 Å². The molecule has 0 spiro atoms. The lowest BCUT2D eigenvalue weighted by atomic mass is 9.72. The molecular weight excluding hydrogens is 482 g/mol. The first-order chi connectivity index (χ1) is 18.1. The van der Waals surface area contributed by atoms with Crippen molar-refractivity contribution < 1.29 is 19.5 Å². The molecule has 0 radical (unpaired) electrons. The van der Waals surface area contributed by atoms with Gasteiger partial charge in [0.05, 0.1) is 23.5 Å². The van der Waals surface area contributed by atoms with E-state index in [0.717, 1.165) is 29.5 Å². The molecule has 1 heterocycles. The van der Waals surface area contributed by atoms with E-state index in [1.165, 1.54) is 0 Å². The molecule has 0 fully saturated rings. The number of aliphatic carboxylic acids is 1. The van der Waals surface area contributed by atoms with Crippen LogP contribution in [0, 0.1) is 17.2 Å². The highest BCUT2D eigenvalue weighted by Gasteiger charge is 2.42. The molecule has 1 aliphatic carbocycles. The monoisotopic (exact) mass is 513 g/mol. The van der Waals surface area contributed by atoms with Gasteiger partial charge in [-0.3, -0.25) is 19.1 Å². The normalized spacial score (nSPS) is 16.8. The second kappa shape index (κ2) is 10.9. The maximum atomic E-state index is 13.5. The van der Waals surface area contributed by atoms with Crippen LogP contribution in [0.3, 0.4) is 0 Å². The zero-order chi connectivity index (χ0) is 27.4. The summed E-state index contributed by atoms with van der Waals surface area (Å²) in [6.07, 6.45) is 5.78. The van der Waals surface area contributed by atoms with Crippen molar-refractivity contribution >= 4 is 29.2 Å². The number of nitrogens with one attached hydrogen (secondary N) is 2. The number of carboxylic acid groups (broad SMARTS) is 1. The van der Waals surface area contributed by atoms with E-state index in [-0.39, 0.29) is 18.2 Å². The molecule has 9 heteroatoms. The average Bonchev–Trinajstić information content (AvgIpc) is 3.46. The second-order valence-electron chi connectivity index (χ2n) is 10.1. The molecular formula is C29H31N5O4. The number of nitriles is 1. The molecule has 3 aromatic rings. The predicted molar refractivity (Wildman–Crippen MR) is 143 cm³/mol. The van der Waals surface area contributed by atoms with E-state index in [4.69, 9.17) is 5.11 Å². The van der Waals surface area contributed by atoms with Crippen molar-refractivity contribution in [2.75, 3.05) is 10.6 Å². The molecule has 3 N–H and O–H groups in total. The van der Waals surface area contributed by atoms with E-state index in [1.54, 1.807) is 48.4 Å². The lowest BCUT2D eigenvalue weighted by Crippen LogP contribution is -2.37. The Bertz CT molecular complexity index is 1440. The van der Waals surface area contributed by atoms with Gasteiger partial charge in [-0.2, -0.15) is 10.4 Å². The van der Waals surface area contributed by atoms with E-state index in [0.29, 0.717) is 35.3 Å². The number of anilines is 2. The third kappa shape index (κ3) is 5.59. The molecule has 38 heavy (non-hydrogen) atoms. The highest BCUT2D eigenvalue weighted by atomic mass is 16.4. The van der Waals surface area contributed by atoms with Gasteiger partial charge in [0, 0.05) is 42.2 Å². The van der Waals surface area contributed by atoms with Gasteiger partial charge in [-0.15, -0.1) is 0 Å². The van der Waals surface area contributed by atoms with Crippen LogP contribution in [0.5, 0.6) is 0 Å². The van der Waals surface area contributed by atoms with Gasteiger partial charge < -0.3 is 15.7 Å². The lowest BCUT2D eigenvalue weighted by molar-refractivity contribution is -0.137. The molecule has 1 unspecified atom stereocenters. The number of carbonyl (C=O) groups is 3. The number of amides is 2. The van der Waals surface area contributed by atoms with Crippen molar-refractivity contribution in [1.82, 2.24) is 9.78 Å². The summed E-state index contributed by atoms with van der Waals surface area (Å²) in [5.74, 6) is -1.75. The van der Waals surface area contributed by atoms with Gasteiger partial charge in [-0.1, -0.05) is 26.0 Å². The summed E-state index contributed by atoms with van der Waals surface area (Å²) < 4.78 is 1.61. The maximum absolute atomic E-state index is 13.5. The van der Waals surface area contributed by atoms with Crippen molar-refractivity contribution in [2.45, 2.75) is 51.4 Å². The molecule has 1 aromatic heterocycles. The minimum atomic E-state index is -0.876. The van der Waals surface area contributed by atoms with Crippen LogP contribution in [-0.4, -0.2) is 32.7 Å². The molecule has 0 saturated carbocycles. The maximum Gasteiger partial charge on any atom is 0.303 e. The lowest BCUT2D eigenvalue weighted by Gasteiger charge is -2.32. The smallest absolute Gasteiger partial charge is 0.303 e. The number of carboxylic acids is 1. The fraction of sp³-hybridized carbons (Fsp3) is 0.345. The summed E-state index contributed by atoms with van der Waals surface area (Å²) >= 11 is 0. The molecule has 4 rings (SSSR count). The zero-order valence-corrected chi connectivity index (χ0v) is 21.7. The molecule has 196 valence electrons. The second-order valence-corrected chi connectivity index (χ2v) is 10.1. The van der Waals surface area contributed by atoms with Crippen LogP contribution in [0.1, 0.15) is 65.7 Å². The first kappa shape index (κ1) is 26.6. The van der Waals surface area contributed by atoms with Crippen molar-refractivity contribution in [1.29, 1.82) is 5.26 Å². The highest BCUT2D eigenvalue weighted by molar-refractivity contribution is 6.04. The first-order valence-electron chi connectivity index (χ1n) is 12.6. The molecule has 0 aliphatic heterocycles. The summed E-state index contributed by atoms with van der Waals surface area (Å²) in [7, 11) is 1.78. The Balaban J connectivity index is 1.54. The Kier molecular flexibility index (Phi) is 7.62. The number of aryl methyl sites for hydroxylation is 3. The Hall–Kier alpha value is -4.45. The van der Waals surface area contributed by atoms with Crippen LogP contribution in [0.15, 0.2) is 48.8 Å². The minimum absolute atomic E-state index is 0.0232. The van der Waals surface area contributed by atoms with E-state index in [2.05, 4.69) is 21.8 Å². The van der Waals surface area contributed by atoms with Gasteiger partial charge in [0.2, 0.25) is 5.91 Å². The average molecular weight is 514 g/mol. The van der Waals surface area contributed by atoms with Gasteiger partial charge in [0.1, 0.15) is 0 Å². The number of aromatic nitrogens is 2. The topological polar surface area (TPSA) is 137 Å². The van der Waals surface area contributed by atoms with Crippen molar-refractivity contribution in [2.24, 2.45) is 13.0 Å². The van der Waals surface area contributed by atoms with Gasteiger partial charge in [-0.05, 0) is 66.6 Å². The SMILES string of the molecule is CC(C(=O)Nc1cc(C#N)ccc1CCCC(=O)O)[C@]1(C)CCc2ccc(C(=O)Nc3cnn(C)c3)cc21. The van der Waals surface area contributed by atoms with Crippen LogP contribution in [0.25, 0.3) is 0 Å². The van der Waals surface area contributed by atoms with Crippen LogP contribution in [0.2, 0.25) is 0 Å². The third-order valence-electron chi connectivity index (χ3n) is 7.55. The summed E-state index contributed by atoms with van der Waals surface area (Å²) in [6.45, 7) is 3.93. The number of fused-ring (bicyclic) bond motifs is 1. The number of benzene rings is 2. The summed E-state index contributed by atoms with van der Waals surface area (Å²) in [6, 6.07) is 12.8. The Morgan fingerprint density at radius 1 is 1.21 bits per heavy atom. The number of hydrogen-bond donors (Lipinski definition) is 3. The molecule has 2 aromatic carbocycles. The van der Waals surface area contributed by atoms with Gasteiger partial charge >= 0.3 is 5.97 Å². The van der Waals surface area contributed by atoms with Crippen LogP contribution < -0.4 is 10.6 Å². The molecule has 2 amide bonds. The van der Waals surface area contributed by atoms with Gasteiger partial charge in [0.25, 0.3) is 5.91 Å². The van der Waals surface area contributed by atoms with E-state index < -0.39 is 17.3 Å². The Morgan fingerprint density at radius 2 is 2.00 bits per heavy atom. The molecule has 1 aliphatic rings. The molecule has 2 atom stereocenters. The Morgan fingerprint density at radius 3 is 2.68 bits per heavy atom. The predicted octanol–water partition coefficient (Wildman–Crippen LogP) is 4.43. The molecule has 0 saturated heterocycles. The third-order valence-corrected chi connectivity index (χ3v) is 7.55. The molecule has 9 nitrogen and oxygen atoms in total. The Labute approximate surface area is 221 Å². The largest absolute Gasteiger partial charge is 0.481 e. The standard InChI is InChI=1S/C29H31N5O4/c1-18(27(37)33-25-13-19(15-30)7-8-21(25)5-4-6-26(35)36)29(2)12-11-20-9-10-22(14-24(20)29)28(38)32-23-16-31-34(3)17-23/h7-10,13-14,16-18H,4-6,11-12H2,1-3H3,(H,32,38)(H,33,37)(H,35,36)/t18?,29-/m0/s1. The molecule has 0 bridgehead atoms. The van der Waals surface area contributed by atoms with E-state index >= 15 is 0 Å². The number of nitrogens with zero attached hydrogens (tertiary/aromatic N) is 3.